The zero-order valence-corrected chi connectivity index (χ0v) is 19.3. The van der Waals surface area contributed by atoms with Crippen molar-refractivity contribution in [2.45, 2.75) is 18.4 Å². The van der Waals surface area contributed by atoms with Crippen LogP contribution in [0.2, 0.25) is 0 Å². The molecule has 0 aliphatic rings. The van der Waals surface area contributed by atoms with E-state index >= 15 is 0 Å². The van der Waals surface area contributed by atoms with E-state index in [-0.39, 0.29) is 29.8 Å². The Labute approximate surface area is 187 Å². The van der Waals surface area contributed by atoms with Crippen LogP contribution in [0.3, 0.4) is 0 Å². The van der Waals surface area contributed by atoms with Crippen molar-refractivity contribution in [3.05, 3.63) is 66.1 Å². The average Bonchev–Trinajstić information content (AvgIpc) is 3.24. The van der Waals surface area contributed by atoms with Crippen LogP contribution in [-0.2, 0) is 21.4 Å². The zero-order chi connectivity index (χ0) is 23.5. The number of hydrogen-bond acceptors (Lipinski definition) is 5. The third-order valence-corrected chi connectivity index (χ3v) is 6.97. The van der Waals surface area contributed by atoms with E-state index in [0.717, 1.165) is 11.2 Å². The molecule has 0 saturated heterocycles. The fraction of sp³-hybridized carbons (Fsp3) is 0.318. The maximum absolute atomic E-state index is 12.8. The predicted molar refractivity (Wildman–Crippen MR) is 120 cm³/mol. The van der Waals surface area contributed by atoms with Crippen molar-refractivity contribution in [2.24, 2.45) is 5.92 Å². The molecule has 0 spiro atoms. The van der Waals surface area contributed by atoms with Crippen LogP contribution in [0.1, 0.15) is 22.8 Å². The molecule has 10 heteroatoms. The van der Waals surface area contributed by atoms with Gasteiger partial charge in [-0.25, -0.2) is 17.7 Å². The normalized spacial score (nSPS) is 12.7. The second-order valence-electron chi connectivity index (χ2n) is 7.86. The molecule has 1 aromatic carbocycles. The molecule has 0 radical (unpaired) electrons. The van der Waals surface area contributed by atoms with E-state index in [0.29, 0.717) is 5.56 Å². The molecule has 2 amide bonds. The number of carbonyl (C=O) groups excluding carboxylic acids is 2. The van der Waals surface area contributed by atoms with Crippen molar-refractivity contribution in [1.29, 1.82) is 0 Å². The van der Waals surface area contributed by atoms with E-state index in [4.69, 9.17) is 0 Å². The van der Waals surface area contributed by atoms with E-state index in [2.05, 4.69) is 10.3 Å². The Morgan fingerprint density at radius 2 is 1.78 bits per heavy atom. The first kappa shape index (κ1) is 23.4. The van der Waals surface area contributed by atoms with Crippen molar-refractivity contribution < 1.29 is 18.0 Å². The molecular formula is C22H27N5O4S. The smallest absolute Gasteiger partial charge is 0.253 e. The van der Waals surface area contributed by atoms with Crippen LogP contribution in [0.5, 0.6) is 0 Å². The topological polar surface area (TPSA) is 104 Å². The number of fused-ring (bicyclic) bond motifs is 1. The van der Waals surface area contributed by atoms with Gasteiger partial charge in [0.1, 0.15) is 5.65 Å². The van der Waals surface area contributed by atoms with Crippen LogP contribution in [0.25, 0.3) is 5.65 Å². The Morgan fingerprint density at radius 1 is 1.09 bits per heavy atom. The summed E-state index contributed by atoms with van der Waals surface area (Å²) in [4.78, 5) is 30.2. The summed E-state index contributed by atoms with van der Waals surface area (Å²) >= 11 is 0. The van der Waals surface area contributed by atoms with Crippen LogP contribution < -0.4 is 5.32 Å². The minimum Gasteiger partial charge on any atom is -0.349 e. The van der Waals surface area contributed by atoms with E-state index in [9.17, 15) is 18.0 Å². The minimum atomic E-state index is -3.73. The van der Waals surface area contributed by atoms with Gasteiger partial charge in [-0.05, 0) is 29.8 Å². The summed E-state index contributed by atoms with van der Waals surface area (Å²) in [7, 11) is 1.00. The molecule has 1 unspecified atom stereocenters. The van der Waals surface area contributed by atoms with Gasteiger partial charge in [0.2, 0.25) is 15.9 Å². The zero-order valence-electron chi connectivity index (χ0n) is 18.5. The molecule has 1 atom stereocenters. The van der Waals surface area contributed by atoms with Gasteiger partial charge in [-0.1, -0.05) is 19.1 Å². The summed E-state index contributed by atoms with van der Waals surface area (Å²) in [5.74, 6) is -0.831. The Hall–Kier alpha value is -3.24. The number of aromatic nitrogens is 2. The molecule has 0 aliphatic carbocycles. The van der Waals surface area contributed by atoms with E-state index < -0.39 is 15.9 Å². The van der Waals surface area contributed by atoms with Gasteiger partial charge in [-0.15, -0.1) is 0 Å². The highest BCUT2D eigenvalue weighted by Gasteiger charge is 2.25. The first-order chi connectivity index (χ1) is 15.1. The predicted octanol–water partition coefficient (Wildman–Crippen LogP) is 1.61. The van der Waals surface area contributed by atoms with Gasteiger partial charge in [0.15, 0.2) is 0 Å². The lowest BCUT2D eigenvalue weighted by Gasteiger charge is -2.23. The number of hydrogen-bond donors (Lipinski definition) is 1. The standard InChI is InChI=1S/C22H27N5O4S/c1-16(22(29)25(2)3)14-26(4)32(30,31)19-8-5-17(6-9-19)13-24-21(28)18-7-10-20-23-11-12-27(20)15-18/h5-12,15-16H,13-14H2,1-4H3,(H,24,28). The fourth-order valence-electron chi connectivity index (χ4n) is 3.30. The largest absolute Gasteiger partial charge is 0.349 e. The summed E-state index contributed by atoms with van der Waals surface area (Å²) in [5.41, 5.74) is 2.02. The molecule has 0 fully saturated rings. The molecule has 3 rings (SSSR count). The van der Waals surface area contributed by atoms with Gasteiger partial charge in [-0.3, -0.25) is 9.59 Å². The van der Waals surface area contributed by atoms with Gasteiger partial charge in [-0.2, -0.15) is 0 Å². The highest BCUT2D eigenvalue weighted by atomic mass is 32.2. The number of pyridine rings is 1. The van der Waals surface area contributed by atoms with Crippen molar-refractivity contribution in [3.8, 4) is 0 Å². The SMILES string of the molecule is CC(CN(C)S(=O)(=O)c1ccc(CNC(=O)c2ccc3nccn3c2)cc1)C(=O)N(C)C. The van der Waals surface area contributed by atoms with E-state index in [1.807, 2.05) is 0 Å². The van der Waals surface area contributed by atoms with Crippen molar-refractivity contribution in [3.63, 3.8) is 0 Å². The Kier molecular flexibility index (Phi) is 6.95. The molecule has 32 heavy (non-hydrogen) atoms. The highest BCUT2D eigenvalue weighted by Crippen LogP contribution is 2.17. The third kappa shape index (κ3) is 5.14. The lowest BCUT2D eigenvalue weighted by Crippen LogP contribution is -2.38. The Bertz CT molecular complexity index is 1220. The van der Waals surface area contributed by atoms with Crippen LogP contribution >= 0.6 is 0 Å². The molecule has 0 aliphatic heterocycles. The summed E-state index contributed by atoms with van der Waals surface area (Å²) in [5, 5.41) is 2.83. The van der Waals surface area contributed by atoms with E-state index in [1.165, 1.54) is 28.4 Å². The molecular weight excluding hydrogens is 430 g/mol. The van der Waals surface area contributed by atoms with E-state index in [1.54, 1.807) is 68.3 Å². The maximum Gasteiger partial charge on any atom is 0.253 e. The van der Waals surface area contributed by atoms with Crippen LogP contribution in [-0.4, -0.2) is 66.5 Å². The number of carbonyl (C=O) groups is 2. The number of amides is 2. The quantitative estimate of drug-likeness (QED) is 0.553. The lowest BCUT2D eigenvalue weighted by molar-refractivity contribution is -0.132. The molecule has 9 nitrogen and oxygen atoms in total. The van der Waals surface area contributed by atoms with Gasteiger partial charge in [0.25, 0.3) is 5.91 Å². The van der Waals surface area contributed by atoms with Crippen LogP contribution in [0.15, 0.2) is 59.9 Å². The number of benzene rings is 1. The number of imidazole rings is 1. The van der Waals surface area contributed by atoms with Gasteiger partial charge >= 0.3 is 0 Å². The second-order valence-corrected chi connectivity index (χ2v) is 9.90. The molecule has 2 heterocycles. The second kappa shape index (κ2) is 9.49. The fourth-order valence-corrected chi connectivity index (χ4v) is 4.56. The summed E-state index contributed by atoms with van der Waals surface area (Å²) in [6.07, 6.45) is 5.12. The summed E-state index contributed by atoms with van der Waals surface area (Å²) < 4.78 is 28.6. The maximum atomic E-state index is 12.8. The Balaban J connectivity index is 1.62. The minimum absolute atomic E-state index is 0.0818. The number of nitrogens with one attached hydrogen (secondary N) is 1. The molecule has 170 valence electrons. The van der Waals surface area contributed by atoms with Crippen molar-refractivity contribution in [2.75, 3.05) is 27.7 Å². The highest BCUT2D eigenvalue weighted by molar-refractivity contribution is 7.89. The van der Waals surface area contributed by atoms with Gasteiger partial charge < -0.3 is 14.6 Å². The first-order valence-corrected chi connectivity index (χ1v) is 11.5. The molecule has 3 aromatic rings. The molecule has 1 N–H and O–H groups in total. The average molecular weight is 458 g/mol. The van der Waals surface area contributed by atoms with Crippen LogP contribution in [0, 0.1) is 5.92 Å². The van der Waals surface area contributed by atoms with Crippen molar-refractivity contribution >= 4 is 27.5 Å². The number of rotatable bonds is 8. The lowest BCUT2D eigenvalue weighted by atomic mass is 10.1. The Morgan fingerprint density at radius 3 is 2.44 bits per heavy atom. The summed E-state index contributed by atoms with van der Waals surface area (Å²) in [6.45, 7) is 2.04. The summed E-state index contributed by atoms with van der Waals surface area (Å²) in [6, 6.07) is 9.79. The number of sulfonamides is 1. The van der Waals surface area contributed by atoms with Gasteiger partial charge in [0.05, 0.1) is 10.5 Å². The monoisotopic (exact) mass is 457 g/mol. The molecule has 0 bridgehead atoms. The van der Waals surface area contributed by atoms with Crippen LogP contribution in [0.4, 0.5) is 0 Å². The van der Waals surface area contributed by atoms with Gasteiger partial charge in [0, 0.05) is 58.7 Å². The van der Waals surface area contributed by atoms with Crippen molar-refractivity contribution in [1.82, 2.24) is 23.9 Å². The number of nitrogens with zero attached hydrogens (tertiary/aromatic N) is 4. The molecule has 2 aromatic heterocycles. The molecule has 0 saturated carbocycles. The third-order valence-electron chi connectivity index (χ3n) is 5.13. The first-order valence-electron chi connectivity index (χ1n) is 10.1.